The Balaban J connectivity index is -0.000000122. The maximum absolute atomic E-state index is 13.1. The van der Waals surface area contributed by atoms with Crippen molar-refractivity contribution in [3.8, 4) is 0 Å². The van der Waals surface area contributed by atoms with E-state index in [1.807, 2.05) is 65.8 Å². The summed E-state index contributed by atoms with van der Waals surface area (Å²) in [5.41, 5.74) is 20.5. The van der Waals surface area contributed by atoms with Gasteiger partial charge in [0.15, 0.2) is 0 Å². The van der Waals surface area contributed by atoms with E-state index in [1.165, 1.54) is 0 Å². The molecule has 3 unspecified atom stereocenters. The van der Waals surface area contributed by atoms with Gasteiger partial charge in [0.1, 0.15) is 0 Å². The summed E-state index contributed by atoms with van der Waals surface area (Å²) in [6, 6.07) is 7.87. The molecule has 0 saturated carbocycles. The van der Waals surface area contributed by atoms with Gasteiger partial charge in [-0.3, -0.25) is 0 Å². The minimum absolute atomic E-state index is 0. The van der Waals surface area contributed by atoms with Crippen LogP contribution in [0.25, 0.3) is 17.2 Å². The summed E-state index contributed by atoms with van der Waals surface area (Å²) in [4.78, 5) is 0. The zero-order valence-corrected chi connectivity index (χ0v) is 22.1. The average Bonchev–Trinajstić information content (AvgIpc) is 3.03. The molecular formula is C19H40FHfN3Si. The number of hydrogen-bond donors (Lipinski definition) is 0. The zero-order chi connectivity index (χ0) is 19.8. The van der Waals surface area contributed by atoms with Crippen molar-refractivity contribution in [3.05, 3.63) is 41.5 Å². The first-order chi connectivity index (χ1) is 10.9. The molecule has 6 heteroatoms. The number of halogens is 1. The van der Waals surface area contributed by atoms with Crippen LogP contribution in [0.15, 0.2) is 24.3 Å². The van der Waals surface area contributed by atoms with Gasteiger partial charge in [0.05, 0.1) is 0 Å². The topological polar surface area (TPSA) is 71.4 Å². The first-order valence-corrected chi connectivity index (χ1v) is 11.8. The first-order valence-electron chi connectivity index (χ1n) is 8.96. The zero-order valence-electron chi connectivity index (χ0n) is 17.5. The number of hydrogen-bond acceptors (Lipinski definition) is 0. The second kappa shape index (κ2) is 20.6. The second-order valence-corrected chi connectivity index (χ2v) is 10.1. The molecule has 0 bridgehead atoms. The molecule has 1 aromatic rings. The maximum Gasteiger partial charge on any atom is 4.00 e. The fourth-order valence-corrected chi connectivity index (χ4v) is 1.76. The molecule has 146 valence electrons. The Kier molecular flexibility index (Phi) is 27.0. The van der Waals surface area contributed by atoms with Gasteiger partial charge >= 0.3 is 25.8 Å². The minimum atomic E-state index is -2.48. The van der Waals surface area contributed by atoms with E-state index in [1.54, 1.807) is 13.1 Å². The van der Waals surface area contributed by atoms with Crippen molar-refractivity contribution in [1.29, 1.82) is 0 Å². The molecule has 1 rings (SSSR count). The molecular weight excluding hydrogens is 496 g/mol. The third kappa shape index (κ3) is 32.4. The molecule has 0 spiro atoms. The smallest absolute Gasteiger partial charge is 0.675 e. The van der Waals surface area contributed by atoms with E-state index in [9.17, 15) is 4.11 Å². The third-order valence-corrected chi connectivity index (χ3v) is 4.89. The Bertz CT molecular complexity index is 318. The Hall–Kier alpha value is 0.247. The van der Waals surface area contributed by atoms with Gasteiger partial charge in [-0.1, -0.05) is 60.8 Å². The Labute approximate surface area is 176 Å². The molecule has 0 radical (unpaired) electrons. The van der Waals surface area contributed by atoms with E-state index in [0.717, 1.165) is 24.4 Å². The van der Waals surface area contributed by atoms with Crippen LogP contribution in [0.3, 0.4) is 0 Å². The van der Waals surface area contributed by atoms with Gasteiger partial charge in [-0.15, -0.1) is 23.3 Å². The van der Waals surface area contributed by atoms with Crippen molar-refractivity contribution in [3.63, 3.8) is 0 Å². The van der Waals surface area contributed by atoms with E-state index in [4.69, 9.17) is 17.2 Å². The molecule has 3 N–H and O–H groups in total. The Morgan fingerprint density at radius 2 is 1.00 bits per heavy atom. The van der Waals surface area contributed by atoms with Crippen LogP contribution in [0, 0.1) is 0 Å². The van der Waals surface area contributed by atoms with Crippen LogP contribution < -0.4 is 5.19 Å². The minimum Gasteiger partial charge on any atom is -0.675 e. The van der Waals surface area contributed by atoms with Crippen LogP contribution in [-0.2, 0) is 25.8 Å². The molecule has 1 aromatic carbocycles. The first kappa shape index (κ1) is 32.9. The van der Waals surface area contributed by atoms with Crippen molar-refractivity contribution >= 4 is 13.6 Å². The summed E-state index contributed by atoms with van der Waals surface area (Å²) in [6.45, 7) is 15.1. The van der Waals surface area contributed by atoms with Gasteiger partial charge < -0.3 is 21.3 Å². The SMILES string of the molecule is CCC(C)[NH-].CCC(C)[NH-].CCC(C)[NH-].C[Si](C)(F)[c-]1cccc1.[Hf+4]. The summed E-state index contributed by atoms with van der Waals surface area (Å²) in [5, 5.41) is 0.891. The quantitative estimate of drug-likeness (QED) is 0.220. The fraction of sp³-hybridized carbons (Fsp3) is 0.737. The monoisotopic (exact) mass is 537 g/mol. The van der Waals surface area contributed by atoms with Gasteiger partial charge in [-0.2, -0.15) is 12.1 Å². The molecule has 0 saturated heterocycles. The van der Waals surface area contributed by atoms with Crippen molar-refractivity contribution in [2.75, 3.05) is 0 Å². The molecule has 0 heterocycles. The normalized spacial score (nSPS) is 13.3. The molecule has 25 heavy (non-hydrogen) atoms. The van der Waals surface area contributed by atoms with E-state index >= 15 is 0 Å². The van der Waals surface area contributed by atoms with Crippen molar-refractivity contribution < 1.29 is 30.0 Å². The van der Waals surface area contributed by atoms with E-state index in [2.05, 4.69) is 0 Å². The van der Waals surface area contributed by atoms with Crippen LogP contribution >= 0.6 is 0 Å². The largest absolute Gasteiger partial charge is 4.00 e. The van der Waals surface area contributed by atoms with Crippen molar-refractivity contribution in [1.82, 2.24) is 0 Å². The number of rotatable bonds is 4. The second-order valence-electron chi connectivity index (χ2n) is 6.57. The third-order valence-electron chi connectivity index (χ3n) is 3.19. The predicted molar refractivity (Wildman–Crippen MR) is 112 cm³/mol. The maximum atomic E-state index is 13.1. The summed E-state index contributed by atoms with van der Waals surface area (Å²) in [6.07, 6.45) is 2.92. The number of nitrogens with one attached hydrogen (secondary N) is 3. The van der Waals surface area contributed by atoms with Crippen LogP contribution in [-0.4, -0.2) is 26.5 Å². The fourth-order valence-electron chi connectivity index (χ4n) is 0.770. The summed E-state index contributed by atoms with van der Waals surface area (Å²) < 4.78 is 13.1. The molecule has 0 aliphatic rings. The Morgan fingerprint density at radius 1 is 0.800 bits per heavy atom. The van der Waals surface area contributed by atoms with Crippen molar-refractivity contribution in [2.24, 2.45) is 0 Å². The summed E-state index contributed by atoms with van der Waals surface area (Å²) >= 11 is 0. The van der Waals surface area contributed by atoms with Gasteiger partial charge in [0.25, 0.3) is 0 Å². The van der Waals surface area contributed by atoms with E-state index < -0.39 is 8.41 Å². The van der Waals surface area contributed by atoms with E-state index in [0.29, 0.717) is 0 Å². The van der Waals surface area contributed by atoms with Gasteiger partial charge in [-0.25, -0.2) is 12.1 Å². The summed E-state index contributed by atoms with van der Waals surface area (Å²) in [7, 11) is -2.48. The molecule has 0 aliphatic heterocycles. The molecule has 0 aliphatic carbocycles. The average molecular weight is 536 g/mol. The van der Waals surface area contributed by atoms with Crippen molar-refractivity contribution in [2.45, 2.75) is 92.0 Å². The van der Waals surface area contributed by atoms with Gasteiger partial charge in [-0.05, 0) is 13.1 Å². The van der Waals surface area contributed by atoms with Gasteiger partial charge in [0.2, 0.25) is 8.41 Å². The summed E-state index contributed by atoms with van der Waals surface area (Å²) in [5.74, 6) is 0. The molecule has 0 amide bonds. The Morgan fingerprint density at radius 3 is 1.08 bits per heavy atom. The molecule has 3 atom stereocenters. The molecule has 0 fully saturated rings. The predicted octanol–water partition coefficient (Wildman–Crippen LogP) is 7.30. The molecule has 0 aromatic heterocycles. The standard InChI is InChI=1S/C7H10FSi.3C4H10N.Hf/c1-9(2,8)7-5-3-4-6-7;3*1-3-4(2)5;/h3-6H,1-2H3;3*4-5H,3H2,1-2H3;/q4*-1;+4. The van der Waals surface area contributed by atoms with Crippen LogP contribution in [0.5, 0.6) is 0 Å². The van der Waals surface area contributed by atoms with E-state index in [-0.39, 0.29) is 44.0 Å². The molecule has 3 nitrogen and oxygen atoms in total. The van der Waals surface area contributed by atoms with Crippen LogP contribution in [0.4, 0.5) is 4.11 Å². The van der Waals surface area contributed by atoms with Crippen LogP contribution in [0.2, 0.25) is 13.1 Å². The van der Waals surface area contributed by atoms with Gasteiger partial charge in [0, 0.05) is 0 Å². The van der Waals surface area contributed by atoms with Crippen LogP contribution in [0.1, 0.15) is 60.8 Å².